The lowest BCUT2D eigenvalue weighted by Crippen LogP contribution is -2.34. The fourth-order valence-electron chi connectivity index (χ4n) is 1.16. The van der Waals surface area contributed by atoms with Crippen LogP contribution in [-0.4, -0.2) is 36.8 Å². The number of rotatable bonds is 1. The number of halogens is 1. The van der Waals surface area contributed by atoms with E-state index in [0.29, 0.717) is 13.0 Å². The van der Waals surface area contributed by atoms with Crippen LogP contribution in [0.1, 0.15) is 27.2 Å². The largest absolute Gasteiger partial charge is 0.443 e. The summed E-state index contributed by atoms with van der Waals surface area (Å²) in [6.07, 6.45) is -1.54. The third kappa shape index (κ3) is 4.57. The molecule has 1 aliphatic rings. The molecule has 1 rings (SSSR count). The Balaban J connectivity index is 2.42. The van der Waals surface area contributed by atoms with Crippen molar-refractivity contribution in [3.05, 3.63) is 0 Å². The maximum absolute atomic E-state index is 13.2. The molecular weight excluding hydrogens is 215 g/mol. The van der Waals surface area contributed by atoms with Crippen molar-refractivity contribution in [2.24, 2.45) is 5.10 Å². The van der Waals surface area contributed by atoms with E-state index < -0.39 is 17.9 Å². The summed E-state index contributed by atoms with van der Waals surface area (Å²) in [5, 5.41) is 3.69. The van der Waals surface area contributed by atoms with Crippen molar-refractivity contribution in [1.82, 2.24) is 5.43 Å². The second kappa shape index (κ2) is 5.25. The normalized spacial score (nSPS) is 24.2. The summed E-state index contributed by atoms with van der Waals surface area (Å²) < 4.78 is 23.0. The van der Waals surface area contributed by atoms with E-state index in [1.165, 1.54) is 0 Å². The van der Waals surface area contributed by atoms with Crippen molar-refractivity contribution in [3.63, 3.8) is 0 Å². The molecule has 1 N–H and O–H groups in total. The number of alkyl halides is 1. The summed E-state index contributed by atoms with van der Waals surface area (Å²) in [6, 6.07) is 0. The molecule has 1 heterocycles. The summed E-state index contributed by atoms with van der Waals surface area (Å²) in [7, 11) is 0. The molecule has 0 saturated carbocycles. The molecule has 1 aliphatic heterocycles. The van der Waals surface area contributed by atoms with Crippen molar-refractivity contribution in [2.75, 3.05) is 13.2 Å². The molecule has 1 fully saturated rings. The van der Waals surface area contributed by atoms with E-state index >= 15 is 0 Å². The molecule has 0 bridgehead atoms. The summed E-state index contributed by atoms with van der Waals surface area (Å²) in [4.78, 5) is 11.2. The Kier molecular flexibility index (Phi) is 4.23. The number of ether oxygens (including phenoxy) is 2. The van der Waals surface area contributed by atoms with Gasteiger partial charge in [-0.3, -0.25) is 0 Å². The highest BCUT2D eigenvalue weighted by Crippen LogP contribution is 2.08. The van der Waals surface area contributed by atoms with Crippen molar-refractivity contribution in [2.45, 2.75) is 39.0 Å². The van der Waals surface area contributed by atoms with Crippen LogP contribution in [0.15, 0.2) is 5.10 Å². The van der Waals surface area contributed by atoms with E-state index in [1.54, 1.807) is 20.8 Å². The molecule has 0 aromatic carbocycles. The van der Waals surface area contributed by atoms with Gasteiger partial charge in [0.1, 0.15) is 5.60 Å². The molecule has 6 heteroatoms. The van der Waals surface area contributed by atoms with Crippen molar-refractivity contribution in [3.8, 4) is 0 Å². The van der Waals surface area contributed by atoms with Gasteiger partial charge in [-0.05, 0) is 20.8 Å². The molecule has 0 aliphatic carbocycles. The van der Waals surface area contributed by atoms with Crippen LogP contribution in [0.4, 0.5) is 9.18 Å². The van der Waals surface area contributed by atoms with Gasteiger partial charge in [-0.1, -0.05) is 0 Å². The van der Waals surface area contributed by atoms with Gasteiger partial charge in [-0.15, -0.1) is 0 Å². The van der Waals surface area contributed by atoms with Gasteiger partial charge in [0.25, 0.3) is 0 Å². The Hall–Kier alpha value is -1.17. The van der Waals surface area contributed by atoms with Gasteiger partial charge in [0, 0.05) is 6.42 Å². The van der Waals surface area contributed by atoms with E-state index in [-0.39, 0.29) is 12.3 Å². The zero-order valence-corrected chi connectivity index (χ0v) is 9.75. The quantitative estimate of drug-likeness (QED) is 0.699. The maximum Gasteiger partial charge on any atom is 0.428 e. The summed E-state index contributed by atoms with van der Waals surface area (Å²) in [5.41, 5.74) is 1.87. The average molecular weight is 232 g/mol. The van der Waals surface area contributed by atoms with E-state index in [2.05, 4.69) is 10.5 Å². The summed E-state index contributed by atoms with van der Waals surface area (Å²) in [5.74, 6) is 0. The van der Waals surface area contributed by atoms with Gasteiger partial charge in [-0.25, -0.2) is 14.6 Å². The predicted octanol–water partition coefficient (Wildman–Crippen LogP) is 1.63. The molecule has 1 saturated heterocycles. The van der Waals surface area contributed by atoms with E-state index in [1.807, 2.05) is 0 Å². The first-order valence-electron chi connectivity index (χ1n) is 5.16. The molecule has 0 aromatic rings. The molecule has 92 valence electrons. The van der Waals surface area contributed by atoms with Crippen LogP contribution in [0, 0.1) is 0 Å². The third-order valence-electron chi connectivity index (χ3n) is 1.82. The van der Waals surface area contributed by atoms with Gasteiger partial charge in [-0.2, -0.15) is 5.10 Å². The molecule has 0 aromatic heterocycles. The second-order valence-electron chi connectivity index (χ2n) is 4.51. The van der Waals surface area contributed by atoms with Crippen LogP contribution in [-0.2, 0) is 9.47 Å². The van der Waals surface area contributed by atoms with Gasteiger partial charge < -0.3 is 9.47 Å². The molecular formula is C10H17FN2O3. The molecule has 16 heavy (non-hydrogen) atoms. The predicted molar refractivity (Wildman–Crippen MR) is 57.1 cm³/mol. The van der Waals surface area contributed by atoms with E-state index in [9.17, 15) is 9.18 Å². The van der Waals surface area contributed by atoms with E-state index in [4.69, 9.17) is 9.47 Å². The Morgan fingerprint density at radius 2 is 2.31 bits per heavy atom. The molecule has 1 atom stereocenters. The maximum atomic E-state index is 13.2. The smallest absolute Gasteiger partial charge is 0.428 e. The number of carbonyl (C=O) groups excluding carboxylic acids is 1. The number of nitrogens with zero attached hydrogens (tertiary/aromatic N) is 1. The monoisotopic (exact) mass is 232 g/mol. The number of hydrogen-bond donors (Lipinski definition) is 1. The number of carbonyl (C=O) groups is 1. The zero-order chi connectivity index (χ0) is 12.2. The van der Waals surface area contributed by atoms with E-state index in [0.717, 1.165) is 0 Å². The first-order valence-corrected chi connectivity index (χ1v) is 5.16. The Morgan fingerprint density at radius 1 is 1.62 bits per heavy atom. The van der Waals surface area contributed by atoms with Crippen LogP contribution in [0.3, 0.4) is 0 Å². The lowest BCUT2D eigenvalue weighted by molar-refractivity contribution is 0.0525. The van der Waals surface area contributed by atoms with Crippen LogP contribution >= 0.6 is 0 Å². The number of amides is 1. The van der Waals surface area contributed by atoms with Crippen molar-refractivity contribution >= 4 is 11.8 Å². The van der Waals surface area contributed by atoms with Crippen LogP contribution in [0.25, 0.3) is 0 Å². The fraction of sp³-hybridized carbons (Fsp3) is 0.800. The Morgan fingerprint density at radius 3 is 2.88 bits per heavy atom. The summed E-state index contributed by atoms with van der Waals surface area (Å²) >= 11 is 0. The average Bonchev–Trinajstić information content (AvgIpc) is 2.14. The number of hydrazone groups is 1. The van der Waals surface area contributed by atoms with Gasteiger partial charge in [0.15, 0.2) is 6.17 Å². The molecule has 1 amide bonds. The first-order chi connectivity index (χ1) is 7.38. The first kappa shape index (κ1) is 12.9. The van der Waals surface area contributed by atoms with Gasteiger partial charge in [0.2, 0.25) is 0 Å². The highest BCUT2D eigenvalue weighted by atomic mass is 19.1. The lowest BCUT2D eigenvalue weighted by atomic mass is 10.1. The third-order valence-corrected chi connectivity index (χ3v) is 1.82. The summed E-state index contributed by atoms with van der Waals surface area (Å²) in [6.45, 7) is 5.65. The van der Waals surface area contributed by atoms with Gasteiger partial charge in [0.05, 0.1) is 18.9 Å². The number of hydrogen-bond acceptors (Lipinski definition) is 4. The minimum atomic E-state index is -1.25. The Bertz CT molecular complexity index is 286. The highest BCUT2D eigenvalue weighted by molar-refractivity contribution is 5.90. The minimum Gasteiger partial charge on any atom is -0.443 e. The number of nitrogens with one attached hydrogen (secondary N) is 1. The molecule has 1 unspecified atom stereocenters. The molecule has 5 nitrogen and oxygen atoms in total. The fourth-order valence-corrected chi connectivity index (χ4v) is 1.16. The van der Waals surface area contributed by atoms with Crippen molar-refractivity contribution in [1.29, 1.82) is 0 Å². The highest BCUT2D eigenvalue weighted by Gasteiger charge is 2.21. The SMILES string of the molecule is CC(C)(C)OC(=O)N/N=C1\CCOCC1F. The van der Waals surface area contributed by atoms with Crippen molar-refractivity contribution < 1.29 is 18.7 Å². The van der Waals surface area contributed by atoms with Crippen LogP contribution < -0.4 is 5.43 Å². The lowest BCUT2D eigenvalue weighted by Gasteiger charge is -2.20. The van der Waals surface area contributed by atoms with Crippen LogP contribution in [0.5, 0.6) is 0 Å². The zero-order valence-electron chi connectivity index (χ0n) is 9.75. The molecule has 0 radical (unpaired) electrons. The second-order valence-corrected chi connectivity index (χ2v) is 4.51. The standard InChI is InChI=1S/C10H17FN2O3/c1-10(2,3)16-9(14)13-12-8-4-5-15-6-7(8)11/h7H,4-6H2,1-3H3,(H,13,14)/b12-8+. The van der Waals surface area contributed by atoms with Crippen LogP contribution in [0.2, 0.25) is 0 Å². The Labute approximate surface area is 94.0 Å². The van der Waals surface area contributed by atoms with Gasteiger partial charge >= 0.3 is 6.09 Å². The molecule has 0 spiro atoms. The minimum absolute atomic E-state index is 0.00513. The topological polar surface area (TPSA) is 59.9 Å².